The molecular weight excluding hydrogens is 228 g/mol. The van der Waals surface area contributed by atoms with Gasteiger partial charge in [0.25, 0.3) is 5.56 Å². The highest BCUT2D eigenvalue weighted by Crippen LogP contribution is 2.33. The fourth-order valence-corrected chi connectivity index (χ4v) is 2.64. The van der Waals surface area contributed by atoms with Gasteiger partial charge in [-0.1, -0.05) is 0 Å². The van der Waals surface area contributed by atoms with Crippen LogP contribution >= 0.6 is 0 Å². The number of hydrogen-bond donors (Lipinski definition) is 1. The van der Waals surface area contributed by atoms with Crippen molar-refractivity contribution < 1.29 is 0 Å². The molecule has 1 aromatic heterocycles. The summed E-state index contributed by atoms with van der Waals surface area (Å²) in [5.41, 5.74) is 0.0284. The first-order valence-electron chi connectivity index (χ1n) is 6.77. The fourth-order valence-electron chi connectivity index (χ4n) is 2.64. The average Bonchev–Trinajstić information content (AvgIpc) is 3.12. The monoisotopic (exact) mass is 248 g/mol. The Morgan fingerprint density at radius 3 is 2.94 bits per heavy atom. The van der Waals surface area contributed by atoms with Crippen LogP contribution in [-0.4, -0.2) is 40.6 Å². The second kappa shape index (κ2) is 4.72. The average molecular weight is 248 g/mol. The maximum Gasteiger partial charge on any atom is 0.293 e. The van der Waals surface area contributed by atoms with Crippen LogP contribution in [0.25, 0.3) is 0 Å². The maximum absolute atomic E-state index is 12.2. The van der Waals surface area contributed by atoms with Crippen LogP contribution in [0.4, 0.5) is 5.82 Å². The first-order valence-corrected chi connectivity index (χ1v) is 6.77. The third kappa shape index (κ3) is 2.27. The molecule has 18 heavy (non-hydrogen) atoms. The summed E-state index contributed by atoms with van der Waals surface area (Å²) in [5.74, 6) is 0.504. The summed E-state index contributed by atoms with van der Waals surface area (Å²) in [6.07, 6.45) is 8.21. The van der Waals surface area contributed by atoms with Crippen molar-refractivity contribution in [1.82, 2.24) is 14.5 Å². The highest BCUT2D eigenvalue weighted by molar-refractivity contribution is 5.31. The molecule has 5 nitrogen and oxygen atoms in total. The van der Waals surface area contributed by atoms with Gasteiger partial charge in [0.05, 0.1) is 0 Å². The van der Waals surface area contributed by atoms with Crippen LogP contribution in [0.1, 0.15) is 31.7 Å². The van der Waals surface area contributed by atoms with Gasteiger partial charge in [-0.3, -0.25) is 4.79 Å². The molecule has 0 spiro atoms. The molecule has 1 saturated carbocycles. The van der Waals surface area contributed by atoms with Gasteiger partial charge in [0.15, 0.2) is 5.82 Å². The van der Waals surface area contributed by atoms with Crippen molar-refractivity contribution >= 4 is 5.82 Å². The van der Waals surface area contributed by atoms with Crippen LogP contribution in [0.2, 0.25) is 0 Å². The molecule has 2 aliphatic rings. The number of likely N-dealkylation sites (N-methyl/N-ethyl adjacent to an activating group) is 1. The Kier molecular flexibility index (Phi) is 3.07. The molecule has 1 saturated heterocycles. The predicted molar refractivity (Wildman–Crippen MR) is 70.9 cm³/mol. The lowest BCUT2D eigenvalue weighted by atomic mass is 10.2. The topological polar surface area (TPSA) is 50.2 Å². The molecule has 1 aliphatic carbocycles. The van der Waals surface area contributed by atoms with Crippen molar-refractivity contribution in [3.05, 3.63) is 22.7 Å². The zero-order chi connectivity index (χ0) is 12.5. The summed E-state index contributed by atoms with van der Waals surface area (Å²) in [4.78, 5) is 18.7. The van der Waals surface area contributed by atoms with Crippen LogP contribution < -0.4 is 10.9 Å². The van der Waals surface area contributed by atoms with E-state index in [4.69, 9.17) is 0 Å². The van der Waals surface area contributed by atoms with Crippen LogP contribution in [0.3, 0.4) is 0 Å². The van der Waals surface area contributed by atoms with Gasteiger partial charge in [0.2, 0.25) is 0 Å². The van der Waals surface area contributed by atoms with Gasteiger partial charge in [-0.2, -0.15) is 0 Å². The van der Waals surface area contributed by atoms with Gasteiger partial charge in [0.1, 0.15) is 0 Å². The minimum atomic E-state index is 0.0284. The van der Waals surface area contributed by atoms with Crippen LogP contribution in [0.15, 0.2) is 17.2 Å². The summed E-state index contributed by atoms with van der Waals surface area (Å²) < 4.78 is 1.81. The Morgan fingerprint density at radius 1 is 1.44 bits per heavy atom. The zero-order valence-electron chi connectivity index (χ0n) is 10.8. The maximum atomic E-state index is 12.2. The third-order valence-corrected chi connectivity index (χ3v) is 3.98. The standard InChI is InChI=1S/C13H20N4O/c1-16-7-2-3-11(16)9-15-12-13(18)17(8-6-14-12)10-4-5-10/h6,8,10-11H,2-5,7,9H2,1H3,(H,14,15). The van der Waals surface area contributed by atoms with E-state index in [0.29, 0.717) is 17.9 Å². The number of likely N-dealkylation sites (tertiary alicyclic amines) is 1. The van der Waals surface area contributed by atoms with E-state index in [1.807, 2.05) is 4.57 Å². The smallest absolute Gasteiger partial charge is 0.293 e. The summed E-state index contributed by atoms with van der Waals surface area (Å²) in [6, 6.07) is 0.941. The molecule has 1 aliphatic heterocycles. The van der Waals surface area contributed by atoms with Crippen molar-refractivity contribution in [2.24, 2.45) is 0 Å². The molecule has 0 amide bonds. The van der Waals surface area contributed by atoms with E-state index in [1.165, 1.54) is 12.8 Å². The summed E-state index contributed by atoms with van der Waals surface area (Å²) in [7, 11) is 2.14. The third-order valence-electron chi connectivity index (χ3n) is 3.98. The van der Waals surface area contributed by atoms with Crippen LogP contribution in [-0.2, 0) is 0 Å². The minimum absolute atomic E-state index is 0.0284. The highest BCUT2D eigenvalue weighted by atomic mass is 16.1. The number of nitrogens with one attached hydrogen (secondary N) is 1. The predicted octanol–water partition coefficient (Wildman–Crippen LogP) is 1.08. The van der Waals surface area contributed by atoms with Gasteiger partial charge >= 0.3 is 0 Å². The number of anilines is 1. The highest BCUT2D eigenvalue weighted by Gasteiger charge is 2.26. The molecule has 1 aromatic rings. The quantitative estimate of drug-likeness (QED) is 0.866. The lowest BCUT2D eigenvalue weighted by Gasteiger charge is -2.19. The first kappa shape index (κ1) is 11.7. The molecular formula is C13H20N4O. The molecule has 1 N–H and O–H groups in total. The number of nitrogens with zero attached hydrogens (tertiary/aromatic N) is 3. The zero-order valence-corrected chi connectivity index (χ0v) is 10.8. The molecule has 0 bridgehead atoms. The Morgan fingerprint density at radius 2 is 2.28 bits per heavy atom. The molecule has 1 atom stereocenters. The number of hydrogen-bond acceptors (Lipinski definition) is 4. The molecule has 0 radical (unpaired) electrons. The van der Waals surface area contributed by atoms with Gasteiger partial charge < -0.3 is 14.8 Å². The van der Waals surface area contributed by atoms with Crippen molar-refractivity contribution in [1.29, 1.82) is 0 Å². The van der Waals surface area contributed by atoms with Crippen molar-refractivity contribution in [3.63, 3.8) is 0 Å². The van der Waals surface area contributed by atoms with Crippen molar-refractivity contribution in [2.75, 3.05) is 25.5 Å². The lowest BCUT2D eigenvalue weighted by molar-refractivity contribution is 0.322. The summed E-state index contributed by atoms with van der Waals surface area (Å²) >= 11 is 0. The molecule has 0 aromatic carbocycles. The molecule has 1 unspecified atom stereocenters. The van der Waals surface area contributed by atoms with E-state index < -0.39 is 0 Å². The Labute approximate surface area is 107 Å². The van der Waals surface area contributed by atoms with Gasteiger partial charge in [-0.05, 0) is 39.3 Å². The van der Waals surface area contributed by atoms with Gasteiger partial charge in [-0.25, -0.2) is 4.98 Å². The SMILES string of the molecule is CN1CCCC1CNc1nccn(C2CC2)c1=O. The molecule has 2 heterocycles. The van der Waals surface area contributed by atoms with Gasteiger partial charge in [-0.15, -0.1) is 0 Å². The molecule has 5 heteroatoms. The minimum Gasteiger partial charge on any atom is -0.364 e. The largest absolute Gasteiger partial charge is 0.364 e. The summed E-state index contributed by atoms with van der Waals surface area (Å²) in [5, 5.41) is 3.22. The van der Waals surface area contributed by atoms with E-state index in [1.54, 1.807) is 12.4 Å². The van der Waals surface area contributed by atoms with Crippen molar-refractivity contribution in [2.45, 2.75) is 37.8 Å². The van der Waals surface area contributed by atoms with E-state index in [-0.39, 0.29) is 5.56 Å². The van der Waals surface area contributed by atoms with Gasteiger partial charge in [0, 0.05) is 31.0 Å². The Balaban J connectivity index is 1.69. The van der Waals surface area contributed by atoms with E-state index >= 15 is 0 Å². The Hall–Kier alpha value is -1.36. The van der Waals surface area contributed by atoms with Crippen molar-refractivity contribution in [3.8, 4) is 0 Å². The molecule has 2 fully saturated rings. The van der Waals surface area contributed by atoms with E-state index in [2.05, 4.69) is 22.2 Å². The number of aromatic nitrogens is 2. The lowest BCUT2D eigenvalue weighted by Crippen LogP contribution is -2.34. The fraction of sp³-hybridized carbons (Fsp3) is 0.692. The second-order valence-corrected chi connectivity index (χ2v) is 5.38. The normalized spacial score (nSPS) is 24.4. The Bertz CT molecular complexity index is 480. The molecule has 3 rings (SSSR count). The van der Waals surface area contributed by atoms with Crippen LogP contribution in [0, 0.1) is 0 Å². The van der Waals surface area contributed by atoms with Crippen LogP contribution in [0.5, 0.6) is 0 Å². The second-order valence-electron chi connectivity index (χ2n) is 5.38. The van der Waals surface area contributed by atoms with E-state index in [9.17, 15) is 4.79 Å². The molecule has 98 valence electrons. The summed E-state index contributed by atoms with van der Waals surface area (Å²) in [6.45, 7) is 1.97. The first-order chi connectivity index (χ1) is 8.75. The number of rotatable bonds is 4. The van der Waals surface area contributed by atoms with E-state index in [0.717, 1.165) is 25.9 Å².